The molecule has 1 amide bonds. The number of amides is 1. The van der Waals surface area contributed by atoms with Crippen LogP contribution in [-0.4, -0.2) is 48.2 Å². The molecule has 2 fully saturated rings. The van der Waals surface area contributed by atoms with Crippen LogP contribution in [0, 0.1) is 11.6 Å². The summed E-state index contributed by atoms with van der Waals surface area (Å²) in [6.45, 7) is 6.67. The van der Waals surface area contributed by atoms with Crippen LogP contribution in [-0.2, 0) is 4.74 Å². The molecular formula is C25H28F2N2O2. The molecule has 2 aliphatic heterocycles. The first-order valence-electron chi connectivity index (χ1n) is 10.8. The smallest absolute Gasteiger partial charge is 0.414 e. The lowest BCUT2D eigenvalue weighted by atomic mass is 9.86. The van der Waals surface area contributed by atoms with Gasteiger partial charge in [-0.15, -0.1) is 0 Å². The van der Waals surface area contributed by atoms with Gasteiger partial charge in [0, 0.05) is 38.9 Å². The Hall–Kier alpha value is -2.73. The van der Waals surface area contributed by atoms with Gasteiger partial charge in [-0.05, 0) is 54.8 Å². The molecule has 2 aliphatic rings. The molecule has 0 atom stereocenters. The van der Waals surface area contributed by atoms with Crippen LogP contribution in [0.3, 0.4) is 0 Å². The lowest BCUT2D eigenvalue weighted by molar-refractivity contribution is 0.0144. The zero-order valence-electron chi connectivity index (χ0n) is 17.8. The Morgan fingerprint density at radius 3 is 1.97 bits per heavy atom. The standard InChI is InChI=1S/C25H28F2N2O2/c1-18-25(31-24(30)28(18)2)13-16-29(17-14-25)15-3-4-23(19-5-9-21(26)10-6-19)20-7-11-22(27)12-8-20/h5-12,23H,1,3-4,13-17H2,2H3. The van der Waals surface area contributed by atoms with E-state index in [0.717, 1.165) is 62.1 Å². The van der Waals surface area contributed by atoms with Crippen molar-refractivity contribution in [3.63, 3.8) is 0 Å². The summed E-state index contributed by atoms with van der Waals surface area (Å²) in [7, 11) is 1.71. The summed E-state index contributed by atoms with van der Waals surface area (Å²) in [6.07, 6.45) is 3.01. The Labute approximate surface area is 182 Å². The Kier molecular flexibility index (Phi) is 6.10. The molecule has 1 spiro atoms. The van der Waals surface area contributed by atoms with Gasteiger partial charge in [-0.25, -0.2) is 13.6 Å². The predicted octanol–water partition coefficient (Wildman–Crippen LogP) is 5.31. The van der Waals surface area contributed by atoms with Gasteiger partial charge in [0.1, 0.15) is 11.6 Å². The van der Waals surface area contributed by atoms with E-state index in [2.05, 4.69) is 11.5 Å². The molecule has 2 saturated heterocycles. The number of ether oxygens (including phenoxy) is 1. The van der Waals surface area contributed by atoms with E-state index in [1.54, 1.807) is 7.05 Å². The highest BCUT2D eigenvalue weighted by Gasteiger charge is 2.48. The fourth-order valence-corrected chi connectivity index (χ4v) is 4.67. The van der Waals surface area contributed by atoms with Crippen molar-refractivity contribution in [1.29, 1.82) is 0 Å². The molecule has 0 saturated carbocycles. The molecule has 4 nitrogen and oxygen atoms in total. The van der Waals surface area contributed by atoms with Crippen LogP contribution in [0.5, 0.6) is 0 Å². The third-order valence-corrected chi connectivity index (χ3v) is 6.66. The number of rotatable bonds is 6. The number of benzene rings is 2. The number of likely N-dealkylation sites (tertiary alicyclic amines) is 1. The van der Waals surface area contributed by atoms with Crippen molar-refractivity contribution in [3.05, 3.63) is 83.6 Å². The average Bonchev–Trinajstić information content (AvgIpc) is 2.98. The van der Waals surface area contributed by atoms with E-state index in [0.29, 0.717) is 0 Å². The van der Waals surface area contributed by atoms with Gasteiger partial charge in [-0.1, -0.05) is 30.8 Å². The molecule has 2 aromatic rings. The number of carbonyl (C=O) groups is 1. The Balaban J connectivity index is 1.36. The van der Waals surface area contributed by atoms with Crippen LogP contribution in [0.4, 0.5) is 13.6 Å². The van der Waals surface area contributed by atoms with E-state index >= 15 is 0 Å². The molecule has 0 unspecified atom stereocenters. The number of piperidine rings is 1. The summed E-state index contributed by atoms with van der Waals surface area (Å²) in [5, 5.41) is 0. The Morgan fingerprint density at radius 1 is 1.00 bits per heavy atom. The first-order valence-corrected chi connectivity index (χ1v) is 10.8. The predicted molar refractivity (Wildman–Crippen MR) is 116 cm³/mol. The summed E-state index contributed by atoms with van der Waals surface area (Å²) in [5.74, 6) is -0.436. The zero-order chi connectivity index (χ0) is 22.0. The van der Waals surface area contributed by atoms with Crippen molar-refractivity contribution in [2.75, 3.05) is 26.7 Å². The van der Waals surface area contributed by atoms with Crippen LogP contribution >= 0.6 is 0 Å². The summed E-state index contributed by atoms with van der Waals surface area (Å²) in [6, 6.07) is 13.1. The van der Waals surface area contributed by atoms with Gasteiger partial charge in [-0.3, -0.25) is 4.90 Å². The molecule has 6 heteroatoms. The van der Waals surface area contributed by atoms with Crippen molar-refractivity contribution < 1.29 is 18.3 Å². The quantitative estimate of drug-likeness (QED) is 0.628. The second-order valence-electron chi connectivity index (χ2n) is 8.51. The van der Waals surface area contributed by atoms with Crippen molar-refractivity contribution in [1.82, 2.24) is 9.80 Å². The second kappa shape index (κ2) is 8.79. The highest BCUT2D eigenvalue weighted by Crippen LogP contribution is 2.40. The highest BCUT2D eigenvalue weighted by molar-refractivity contribution is 5.74. The summed E-state index contributed by atoms with van der Waals surface area (Å²) in [4.78, 5) is 15.8. The van der Waals surface area contributed by atoms with Crippen molar-refractivity contribution in [3.8, 4) is 0 Å². The fraction of sp³-hybridized carbons (Fsp3) is 0.400. The van der Waals surface area contributed by atoms with Gasteiger partial charge in [0.15, 0.2) is 5.60 Å². The number of carbonyl (C=O) groups excluding carboxylic acids is 1. The molecular weight excluding hydrogens is 398 g/mol. The average molecular weight is 427 g/mol. The lowest BCUT2D eigenvalue weighted by Crippen LogP contribution is -2.45. The molecule has 0 radical (unpaired) electrons. The molecule has 2 aromatic carbocycles. The summed E-state index contributed by atoms with van der Waals surface area (Å²) in [5.41, 5.74) is 2.27. The topological polar surface area (TPSA) is 32.8 Å². The second-order valence-corrected chi connectivity index (χ2v) is 8.51. The maximum absolute atomic E-state index is 13.4. The number of nitrogens with zero attached hydrogens (tertiary/aromatic N) is 2. The molecule has 0 bridgehead atoms. The minimum absolute atomic E-state index is 0.0848. The molecule has 2 heterocycles. The largest absolute Gasteiger partial charge is 0.436 e. The molecule has 0 aromatic heterocycles. The maximum atomic E-state index is 13.4. The van der Waals surface area contributed by atoms with Crippen LogP contribution in [0.25, 0.3) is 0 Å². The van der Waals surface area contributed by atoms with E-state index < -0.39 is 5.60 Å². The molecule has 4 rings (SSSR count). The molecule has 164 valence electrons. The molecule has 31 heavy (non-hydrogen) atoms. The molecule has 0 aliphatic carbocycles. The Bertz CT molecular complexity index is 889. The monoisotopic (exact) mass is 426 g/mol. The summed E-state index contributed by atoms with van der Waals surface area (Å²) >= 11 is 0. The number of hydrogen-bond acceptors (Lipinski definition) is 3. The van der Waals surface area contributed by atoms with E-state index in [4.69, 9.17) is 4.74 Å². The van der Waals surface area contributed by atoms with Gasteiger partial charge in [0.25, 0.3) is 0 Å². The third-order valence-electron chi connectivity index (χ3n) is 6.66. The first-order chi connectivity index (χ1) is 14.9. The zero-order valence-corrected chi connectivity index (χ0v) is 17.8. The minimum atomic E-state index is -0.549. The normalized spacial score (nSPS) is 18.8. The van der Waals surface area contributed by atoms with Crippen molar-refractivity contribution in [2.45, 2.75) is 37.2 Å². The van der Waals surface area contributed by atoms with Crippen molar-refractivity contribution in [2.24, 2.45) is 0 Å². The SMILES string of the molecule is C=C1N(C)C(=O)OC12CCN(CCCC(c1ccc(F)cc1)c1ccc(F)cc1)CC2. The first kappa shape index (κ1) is 21.5. The lowest BCUT2D eigenvalue weighted by Gasteiger charge is -2.38. The van der Waals surface area contributed by atoms with Crippen LogP contribution in [0.2, 0.25) is 0 Å². The van der Waals surface area contributed by atoms with E-state index in [-0.39, 0.29) is 23.6 Å². The van der Waals surface area contributed by atoms with Gasteiger partial charge in [-0.2, -0.15) is 0 Å². The van der Waals surface area contributed by atoms with Crippen LogP contribution < -0.4 is 0 Å². The van der Waals surface area contributed by atoms with E-state index in [1.165, 1.54) is 29.2 Å². The van der Waals surface area contributed by atoms with Crippen LogP contribution in [0.15, 0.2) is 60.8 Å². The van der Waals surface area contributed by atoms with E-state index in [9.17, 15) is 13.6 Å². The number of hydrogen-bond donors (Lipinski definition) is 0. The third kappa shape index (κ3) is 4.49. The summed E-state index contributed by atoms with van der Waals surface area (Å²) < 4.78 is 32.5. The fourth-order valence-electron chi connectivity index (χ4n) is 4.67. The van der Waals surface area contributed by atoms with Crippen LogP contribution in [0.1, 0.15) is 42.7 Å². The van der Waals surface area contributed by atoms with E-state index in [1.807, 2.05) is 24.3 Å². The number of halogens is 2. The maximum Gasteiger partial charge on any atom is 0.414 e. The highest BCUT2D eigenvalue weighted by atomic mass is 19.1. The Morgan fingerprint density at radius 2 is 1.52 bits per heavy atom. The van der Waals surface area contributed by atoms with Gasteiger partial charge in [0.05, 0.1) is 5.70 Å². The van der Waals surface area contributed by atoms with Crippen molar-refractivity contribution >= 4 is 6.09 Å². The van der Waals surface area contributed by atoms with Gasteiger partial charge >= 0.3 is 6.09 Å². The minimum Gasteiger partial charge on any atom is -0.436 e. The number of likely N-dealkylation sites (N-methyl/N-ethyl adjacent to an activating group) is 1. The molecule has 0 N–H and O–H groups in total. The van der Waals surface area contributed by atoms with Gasteiger partial charge in [0.2, 0.25) is 0 Å². The van der Waals surface area contributed by atoms with Gasteiger partial charge < -0.3 is 9.64 Å².